The molecule has 0 saturated heterocycles. The van der Waals surface area contributed by atoms with Crippen LogP contribution in [0.15, 0.2) is 46.3 Å². The SMILES string of the molecule is O=C1CSc2ccccc2N1CCSc1ccc2c(n1)CCCC2. The van der Waals surface area contributed by atoms with E-state index in [2.05, 4.69) is 18.2 Å². The molecule has 0 unspecified atom stereocenters. The van der Waals surface area contributed by atoms with Crippen molar-refractivity contribution in [3.8, 4) is 0 Å². The molecule has 124 valence electrons. The van der Waals surface area contributed by atoms with E-state index in [4.69, 9.17) is 4.98 Å². The highest BCUT2D eigenvalue weighted by Gasteiger charge is 2.23. The first-order valence-corrected chi connectivity index (χ1v) is 10.4. The summed E-state index contributed by atoms with van der Waals surface area (Å²) in [7, 11) is 0. The summed E-state index contributed by atoms with van der Waals surface area (Å²) in [6.07, 6.45) is 4.82. The van der Waals surface area contributed by atoms with E-state index in [0.29, 0.717) is 5.75 Å². The van der Waals surface area contributed by atoms with Gasteiger partial charge in [-0.3, -0.25) is 4.79 Å². The lowest BCUT2D eigenvalue weighted by Gasteiger charge is -2.28. The van der Waals surface area contributed by atoms with Crippen LogP contribution in [0.2, 0.25) is 0 Å². The summed E-state index contributed by atoms with van der Waals surface area (Å²) in [5.74, 6) is 1.62. The summed E-state index contributed by atoms with van der Waals surface area (Å²) in [4.78, 5) is 20.2. The smallest absolute Gasteiger partial charge is 0.237 e. The van der Waals surface area contributed by atoms with Gasteiger partial charge in [-0.15, -0.1) is 23.5 Å². The van der Waals surface area contributed by atoms with Crippen LogP contribution in [0.3, 0.4) is 0 Å². The first-order valence-electron chi connectivity index (χ1n) is 8.45. The van der Waals surface area contributed by atoms with Crippen LogP contribution < -0.4 is 4.90 Å². The predicted molar refractivity (Wildman–Crippen MR) is 101 cm³/mol. The van der Waals surface area contributed by atoms with Crippen molar-refractivity contribution in [2.45, 2.75) is 35.6 Å². The number of rotatable bonds is 4. The highest BCUT2D eigenvalue weighted by Crippen LogP contribution is 2.35. The maximum Gasteiger partial charge on any atom is 0.237 e. The topological polar surface area (TPSA) is 33.2 Å². The van der Waals surface area contributed by atoms with Gasteiger partial charge in [-0.1, -0.05) is 18.2 Å². The molecule has 5 heteroatoms. The van der Waals surface area contributed by atoms with E-state index in [1.54, 1.807) is 23.5 Å². The number of aromatic nitrogens is 1. The Morgan fingerprint density at radius 2 is 2.00 bits per heavy atom. The van der Waals surface area contributed by atoms with Gasteiger partial charge in [-0.05, 0) is 49.4 Å². The Morgan fingerprint density at radius 3 is 2.96 bits per heavy atom. The van der Waals surface area contributed by atoms with Crippen LogP contribution in [0.25, 0.3) is 0 Å². The molecule has 4 rings (SSSR count). The lowest BCUT2D eigenvalue weighted by molar-refractivity contribution is -0.116. The summed E-state index contributed by atoms with van der Waals surface area (Å²) in [5, 5.41) is 1.09. The molecule has 1 amide bonds. The van der Waals surface area contributed by atoms with Gasteiger partial charge in [0.2, 0.25) is 5.91 Å². The van der Waals surface area contributed by atoms with Gasteiger partial charge >= 0.3 is 0 Å². The van der Waals surface area contributed by atoms with Gasteiger partial charge in [0, 0.05) is 22.9 Å². The minimum atomic E-state index is 0.206. The zero-order valence-electron chi connectivity index (χ0n) is 13.5. The van der Waals surface area contributed by atoms with Crippen LogP contribution >= 0.6 is 23.5 Å². The number of fused-ring (bicyclic) bond motifs is 2. The predicted octanol–water partition coefficient (Wildman–Crippen LogP) is 4.19. The largest absolute Gasteiger partial charge is 0.310 e. The average molecular weight is 357 g/mol. The van der Waals surface area contributed by atoms with Crippen LogP contribution in [0, 0.1) is 0 Å². The van der Waals surface area contributed by atoms with E-state index in [1.165, 1.54) is 35.4 Å². The van der Waals surface area contributed by atoms with Gasteiger partial charge in [0.25, 0.3) is 0 Å². The van der Waals surface area contributed by atoms with Gasteiger partial charge in [0.1, 0.15) is 0 Å². The Hall–Kier alpha value is -1.46. The number of benzene rings is 1. The lowest BCUT2D eigenvalue weighted by Crippen LogP contribution is -2.37. The first-order chi connectivity index (χ1) is 11.8. The second kappa shape index (κ2) is 7.19. The van der Waals surface area contributed by atoms with E-state index in [1.807, 2.05) is 23.1 Å². The molecule has 2 aliphatic rings. The third-order valence-corrected chi connectivity index (χ3v) is 6.48. The molecule has 2 aromatic rings. The third kappa shape index (κ3) is 3.33. The van der Waals surface area contributed by atoms with Gasteiger partial charge in [0.15, 0.2) is 0 Å². The van der Waals surface area contributed by atoms with E-state index < -0.39 is 0 Å². The van der Waals surface area contributed by atoms with E-state index in [9.17, 15) is 4.79 Å². The molecule has 0 radical (unpaired) electrons. The second-order valence-corrected chi connectivity index (χ2v) is 8.25. The normalized spacial score (nSPS) is 16.7. The minimum absolute atomic E-state index is 0.206. The number of carbonyl (C=O) groups is 1. The van der Waals surface area contributed by atoms with Gasteiger partial charge in [-0.2, -0.15) is 0 Å². The van der Waals surface area contributed by atoms with Crippen molar-refractivity contribution in [2.24, 2.45) is 0 Å². The van der Waals surface area contributed by atoms with Crippen LogP contribution in [0.4, 0.5) is 5.69 Å². The third-order valence-electron chi connectivity index (χ3n) is 4.53. The number of para-hydroxylation sites is 1. The van der Waals surface area contributed by atoms with E-state index >= 15 is 0 Å². The van der Waals surface area contributed by atoms with E-state index in [-0.39, 0.29) is 5.91 Å². The highest BCUT2D eigenvalue weighted by molar-refractivity contribution is 8.00. The van der Waals surface area contributed by atoms with Gasteiger partial charge in [0.05, 0.1) is 16.5 Å². The number of carbonyl (C=O) groups excluding carboxylic acids is 1. The van der Waals surface area contributed by atoms with Crippen molar-refractivity contribution in [1.82, 2.24) is 4.98 Å². The number of nitrogens with zero attached hydrogens (tertiary/aromatic N) is 2. The zero-order valence-corrected chi connectivity index (χ0v) is 15.2. The lowest BCUT2D eigenvalue weighted by atomic mass is 9.96. The number of amides is 1. The quantitative estimate of drug-likeness (QED) is 0.769. The molecule has 1 aromatic heterocycles. The molecule has 24 heavy (non-hydrogen) atoms. The van der Waals surface area contributed by atoms with Crippen LogP contribution in [-0.4, -0.2) is 28.9 Å². The Bertz CT molecular complexity index is 763. The number of hydrogen-bond acceptors (Lipinski definition) is 4. The second-order valence-electron chi connectivity index (χ2n) is 6.11. The molecule has 1 aliphatic carbocycles. The molecule has 0 bridgehead atoms. The van der Waals surface area contributed by atoms with Crippen LogP contribution in [-0.2, 0) is 17.6 Å². The Morgan fingerprint density at radius 1 is 1.12 bits per heavy atom. The van der Waals surface area contributed by atoms with E-state index in [0.717, 1.165) is 29.4 Å². The molecule has 0 fully saturated rings. The Kier molecular flexibility index (Phi) is 4.81. The fraction of sp³-hybridized carbons (Fsp3) is 0.368. The molecule has 0 N–H and O–H groups in total. The molecule has 3 nitrogen and oxygen atoms in total. The first kappa shape index (κ1) is 16.0. The molecule has 2 heterocycles. The summed E-state index contributed by atoms with van der Waals surface area (Å²) in [6, 6.07) is 12.5. The van der Waals surface area contributed by atoms with Gasteiger partial charge < -0.3 is 4.90 Å². The number of aryl methyl sites for hydroxylation is 2. The fourth-order valence-electron chi connectivity index (χ4n) is 3.28. The number of pyridine rings is 1. The van der Waals surface area contributed by atoms with Crippen LogP contribution in [0.1, 0.15) is 24.1 Å². The molecule has 1 aromatic carbocycles. The number of thioether (sulfide) groups is 2. The van der Waals surface area contributed by atoms with Crippen molar-refractivity contribution < 1.29 is 4.79 Å². The van der Waals surface area contributed by atoms with Crippen LogP contribution in [0.5, 0.6) is 0 Å². The maximum absolute atomic E-state index is 12.3. The van der Waals surface area contributed by atoms with Gasteiger partial charge in [-0.25, -0.2) is 4.98 Å². The summed E-state index contributed by atoms with van der Waals surface area (Å²) >= 11 is 3.39. The number of anilines is 1. The average Bonchev–Trinajstić information content (AvgIpc) is 2.63. The molecule has 0 spiro atoms. The van der Waals surface area contributed by atoms with Crippen molar-refractivity contribution >= 4 is 35.1 Å². The van der Waals surface area contributed by atoms with Crippen molar-refractivity contribution in [3.63, 3.8) is 0 Å². The number of hydrogen-bond donors (Lipinski definition) is 0. The monoisotopic (exact) mass is 356 g/mol. The minimum Gasteiger partial charge on any atom is -0.310 e. The maximum atomic E-state index is 12.3. The zero-order chi connectivity index (χ0) is 16.4. The van der Waals surface area contributed by atoms with Crippen molar-refractivity contribution in [3.05, 3.63) is 47.7 Å². The fourth-order valence-corrected chi connectivity index (χ4v) is 5.04. The molecular weight excluding hydrogens is 336 g/mol. The molecule has 0 saturated carbocycles. The molecule has 0 atom stereocenters. The molecular formula is C19H20N2OS2. The van der Waals surface area contributed by atoms with Crippen molar-refractivity contribution in [1.29, 1.82) is 0 Å². The standard InChI is InChI=1S/C19H20N2OS2/c22-19-13-24-17-8-4-3-7-16(17)21(19)11-12-23-18-10-9-14-5-1-2-6-15(14)20-18/h3-4,7-10H,1-2,5-6,11-13H2. The summed E-state index contributed by atoms with van der Waals surface area (Å²) in [5.41, 5.74) is 3.75. The molecule has 1 aliphatic heterocycles. The van der Waals surface area contributed by atoms with Crippen molar-refractivity contribution in [2.75, 3.05) is 23.0 Å². The summed E-state index contributed by atoms with van der Waals surface area (Å²) in [6.45, 7) is 0.736. The highest BCUT2D eigenvalue weighted by atomic mass is 32.2. The summed E-state index contributed by atoms with van der Waals surface area (Å²) < 4.78 is 0. The Balaban J connectivity index is 1.41. The Labute approximate surface area is 151 Å².